The van der Waals surface area contributed by atoms with Crippen LogP contribution in [-0.2, 0) is 0 Å². The maximum Gasteiger partial charge on any atom is 0.274 e. The van der Waals surface area contributed by atoms with E-state index in [2.05, 4.69) is 19.9 Å². The van der Waals surface area contributed by atoms with E-state index >= 15 is 0 Å². The van der Waals surface area contributed by atoms with E-state index in [0.29, 0.717) is 4.96 Å². The Kier molecular flexibility index (Phi) is 4.54. The zero-order chi connectivity index (χ0) is 16.5. The third-order valence-corrected chi connectivity index (χ3v) is 6.27. The minimum Gasteiger partial charge on any atom is -0.344 e. The summed E-state index contributed by atoms with van der Waals surface area (Å²) in [5.74, 6) is 0.908. The molecule has 0 unspecified atom stereocenters. The molecule has 1 saturated heterocycles. The van der Waals surface area contributed by atoms with Crippen molar-refractivity contribution < 1.29 is 0 Å². The number of rotatable bonds is 3. The van der Waals surface area contributed by atoms with Crippen molar-refractivity contribution in [3.63, 3.8) is 0 Å². The van der Waals surface area contributed by atoms with E-state index in [4.69, 9.17) is 0 Å². The van der Waals surface area contributed by atoms with Crippen LogP contribution < -0.4 is 10.5 Å². The Morgan fingerprint density at radius 2 is 1.92 bits per heavy atom. The van der Waals surface area contributed by atoms with Crippen molar-refractivity contribution in [2.24, 2.45) is 5.92 Å². The molecule has 0 radical (unpaired) electrons. The Bertz CT molecular complexity index is 756. The molecule has 6 nitrogen and oxygen atoms in total. The van der Waals surface area contributed by atoms with E-state index < -0.39 is 0 Å². The van der Waals surface area contributed by atoms with Gasteiger partial charge in [0.2, 0.25) is 10.1 Å². The third kappa shape index (κ3) is 3.32. The van der Waals surface area contributed by atoms with Crippen LogP contribution in [0.1, 0.15) is 37.8 Å². The van der Waals surface area contributed by atoms with Crippen LogP contribution in [0.2, 0.25) is 0 Å². The minimum atomic E-state index is -0.181. The van der Waals surface area contributed by atoms with Gasteiger partial charge in [-0.2, -0.15) is 4.98 Å². The average molecular weight is 347 g/mol. The molecule has 0 amide bonds. The van der Waals surface area contributed by atoms with E-state index in [-0.39, 0.29) is 5.56 Å². The molecule has 24 heavy (non-hydrogen) atoms. The van der Waals surface area contributed by atoms with Crippen LogP contribution >= 0.6 is 11.3 Å². The third-order valence-electron chi connectivity index (χ3n) is 5.31. The molecule has 1 saturated carbocycles. The van der Waals surface area contributed by atoms with Crippen LogP contribution in [0.4, 0.5) is 5.13 Å². The summed E-state index contributed by atoms with van der Waals surface area (Å²) in [5, 5.41) is 5.64. The minimum absolute atomic E-state index is 0.181. The number of aryl methyl sites for hydroxylation is 1. The molecule has 130 valence electrons. The highest BCUT2D eigenvalue weighted by Gasteiger charge is 2.23. The molecule has 7 heteroatoms. The number of hydrogen-bond donors (Lipinski definition) is 0. The predicted octanol–water partition coefficient (Wildman–Crippen LogP) is 2.16. The highest BCUT2D eigenvalue weighted by molar-refractivity contribution is 7.20. The Labute approximate surface area is 146 Å². The number of aromatic nitrogens is 3. The van der Waals surface area contributed by atoms with Crippen LogP contribution in [0.15, 0.2) is 10.9 Å². The molecule has 0 atom stereocenters. The number of hydrogen-bond acceptors (Lipinski definition) is 6. The lowest BCUT2D eigenvalue weighted by atomic mass is 9.89. The first-order valence-corrected chi connectivity index (χ1v) is 9.85. The molecule has 3 heterocycles. The SMILES string of the molecule is Cc1cc(=O)nc2sc(N3CCN(CC4CCCCC4)CC3)nn12. The molecule has 0 bridgehead atoms. The van der Waals surface area contributed by atoms with Gasteiger partial charge < -0.3 is 4.90 Å². The zero-order valence-electron chi connectivity index (χ0n) is 14.3. The Balaban J connectivity index is 1.40. The van der Waals surface area contributed by atoms with Crippen LogP contribution in [-0.4, -0.2) is 52.2 Å². The molecule has 2 aromatic heterocycles. The van der Waals surface area contributed by atoms with Gasteiger partial charge in [0, 0.05) is 44.5 Å². The molecule has 1 aliphatic carbocycles. The van der Waals surface area contributed by atoms with Gasteiger partial charge >= 0.3 is 0 Å². The highest BCUT2D eigenvalue weighted by atomic mass is 32.1. The summed E-state index contributed by atoms with van der Waals surface area (Å²) in [6.45, 7) is 7.41. The van der Waals surface area contributed by atoms with Gasteiger partial charge in [-0.3, -0.25) is 9.69 Å². The molecule has 2 aliphatic rings. The number of fused-ring (bicyclic) bond motifs is 1. The number of piperazine rings is 1. The largest absolute Gasteiger partial charge is 0.344 e. The fourth-order valence-corrected chi connectivity index (χ4v) is 4.93. The van der Waals surface area contributed by atoms with Gasteiger partial charge in [0.25, 0.3) is 5.56 Å². The first-order valence-electron chi connectivity index (χ1n) is 9.04. The summed E-state index contributed by atoms with van der Waals surface area (Å²) < 4.78 is 1.79. The Hall–Kier alpha value is -1.47. The summed E-state index contributed by atoms with van der Waals surface area (Å²) >= 11 is 1.52. The lowest BCUT2D eigenvalue weighted by Crippen LogP contribution is -2.48. The molecule has 0 aromatic carbocycles. The molecule has 4 rings (SSSR count). The summed E-state index contributed by atoms with van der Waals surface area (Å²) in [6, 6.07) is 1.54. The van der Waals surface area contributed by atoms with Crippen LogP contribution in [0.25, 0.3) is 4.96 Å². The fourth-order valence-electron chi connectivity index (χ4n) is 3.92. The topological polar surface area (TPSA) is 53.7 Å². The Morgan fingerprint density at radius 3 is 2.67 bits per heavy atom. The van der Waals surface area contributed by atoms with Crippen molar-refractivity contribution in [3.05, 3.63) is 22.1 Å². The molecule has 0 spiro atoms. The predicted molar refractivity (Wildman–Crippen MR) is 97.1 cm³/mol. The molecular weight excluding hydrogens is 322 g/mol. The van der Waals surface area contributed by atoms with Crippen molar-refractivity contribution in [3.8, 4) is 0 Å². The molecule has 2 aromatic rings. The first kappa shape index (κ1) is 16.0. The Morgan fingerprint density at radius 1 is 1.17 bits per heavy atom. The average Bonchev–Trinajstić information content (AvgIpc) is 3.01. The van der Waals surface area contributed by atoms with E-state index in [1.54, 1.807) is 10.6 Å². The summed E-state index contributed by atoms with van der Waals surface area (Å²) in [5.41, 5.74) is 0.670. The van der Waals surface area contributed by atoms with Gasteiger partial charge in [-0.05, 0) is 25.7 Å². The summed E-state index contributed by atoms with van der Waals surface area (Å²) in [6.07, 6.45) is 7.09. The normalized spacial score (nSPS) is 20.8. The van der Waals surface area contributed by atoms with Crippen molar-refractivity contribution in [1.82, 2.24) is 19.5 Å². The smallest absolute Gasteiger partial charge is 0.274 e. The molecule has 2 fully saturated rings. The van der Waals surface area contributed by atoms with Gasteiger partial charge in [-0.25, -0.2) is 4.52 Å². The van der Waals surface area contributed by atoms with E-state index in [0.717, 1.165) is 42.9 Å². The van der Waals surface area contributed by atoms with Gasteiger partial charge in [0.05, 0.1) is 0 Å². The lowest BCUT2D eigenvalue weighted by molar-refractivity contribution is 0.192. The standard InChI is InChI=1S/C17H25N5OS/c1-13-11-15(23)18-16-22(13)19-17(24-16)21-9-7-20(8-10-21)12-14-5-3-2-4-6-14/h11,14H,2-10,12H2,1H3. The van der Waals surface area contributed by atoms with Crippen LogP contribution in [0.3, 0.4) is 0 Å². The van der Waals surface area contributed by atoms with Gasteiger partial charge in [-0.15, -0.1) is 5.10 Å². The first-order chi connectivity index (χ1) is 11.7. The molecule has 1 aliphatic heterocycles. The van der Waals surface area contributed by atoms with Gasteiger partial charge in [-0.1, -0.05) is 30.6 Å². The van der Waals surface area contributed by atoms with Crippen LogP contribution in [0.5, 0.6) is 0 Å². The number of nitrogens with zero attached hydrogens (tertiary/aromatic N) is 5. The molecule has 0 N–H and O–H groups in total. The van der Waals surface area contributed by atoms with Gasteiger partial charge in [0.1, 0.15) is 0 Å². The zero-order valence-corrected chi connectivity index (χ0v) is 15.1. The van der Waals surface area contributed by atoms with Crippen molar-refractivity contribution in [1.29, 1.82) is 0 Å². The van der Waals surface area contributed by atoms with Crippen molar-refractivity contribution in [2.45, 2.75) is 39.0 Å². The van der Waals surface area contributed by atoms with Crippen LogP contribution in [0, 0.1) is 12.8 Å². The molecular formula is C17H25N5OS. The second-order valence-electron chi connectivity index (χ2n) is 7.11. The van der Waals surface area contributed by atoms with Crippen molar-refractivity contribution >= 4 is 21.4 Å². The second kappa shape index (κ2) is 6.80. The summed E-state index contributed by atoms with van der Waals surface area (Å²) in [7, 11) is 0. The van der Waals surface area contributed by atoms with E-state index in [1.807, 2.05) is 6.92 Å². The van der Waals surface area contributed by atoms with E-state index in [9.17, 15) is 4.79 Å². The maximum absolute atomic E-state index is 11.6. The summed E-state index contributed by atoms with van der Waals surface area (Å²) in [4.78, 5) is 21.3. The van der Waals surface area contributed by atoms with E-state index in [1.165, 1.54) is 50.0 Å². The monoisotopic (exact) mass is 347 g/mol. The fraction of sp³-hybridized carbons (Fsp3) is 0.706. The maximum atomic E-state index is 11.6. The lowest BCUT2D eigenvalue weighted by Gasteiger charge is -2.37. The quantitative estimate of drug-likeness (QED) is 0.852. The van der Waals surface area contributed by atoms with Gasteiger partial charge in [0.15, 0.2) is 0 Å². The second-order valence-corrected chi connectivity index (χ2v) is 8.04. The number of anilines is 1. The van der Waals surface area contributed by atoms with Crippen molar-refractivity contribution in [2.75, 3.05) is 37.6 Å². The highest BCUT2D eigenvalue weighted by Crippen LogP contribution is 2.26.